The summed E-state index contributed by atoms with van der Waals surface area (Å²) >= 11 is 0. The summed E-state index contributed by atoms with van der Waals surface area (Å²) in [5, 5.41) is 13.6. The summed E-state index contributed by atoms with van der Waals surface area (Å²) in [6, 6.07) is 166. The van der Waals surface area contributed by atoms with Crippen molar-refractivity contribution >= 4 is 131 Å². The minimum atomic E-state index is 0.643. The van der Waals surface area contributed by atoms with E-state index in [9.17, 15) is 0 Å². The third-order valence-electron chi connectivity index (χ3n) is 26.5. The Morgan fingerprint density at radius 1 is 0.152 bits per heavy atom. The lowest BCUT2D eigenvalue weighted by atomic mass is 10.00. The van der Waals surface area contributed by atoms with Crippen molar-refractivity contribution in [3.8, 4) is 130 Å². The minimum Gasteiger partial charge on any atom is -0.456 e. The van der Waals surface area contributed by atoms with E-state index in [1.807, 2.05) is 115 Å². The lowest BCUT2D eigenvalue weighted by Gasteiger charge is -2.14. The first-order valence-corrected chi connectivity index (χ1v) is 46.3. The van der Waals surface area contributed by atoms with E-state index < -0.39 is 0 Å². The summed E-state index contributed by atoms with van der Waals surface area (Å²) < 4.78 is 25.7. The van der Waals surface area contributed by atoms with Crippen LogP contribution in [-0.2, 0) is 0 Å². The maximum Gasteiger partial charge on any atom is 0.161 e. The summed E-state index contributed by atoms with van der Waals surface area (Å²) in [5.74, 6) is 1.99. The number of aromatic nitrogens is 9. The number of hydrogen-bond donors (Lipinski definition) is 0. The highest BCUT2D eigenvalue weighted by Crippen LogP contribution is 2.45. The molecule has 0 bridgehead atoms. The summed E-state index contributed by atoms with van der Waals surface area (Å²) in [4.78, 5) is 31.2. The molecule has 138 heavy (non-hydrogen) atoms. The summed E-state index contributed by atoms with van der Waals surface area (Å²) in [7, 11) is 0. The Bertz CT molecular complexity index is 9600. The fraction of sp³-hybridized carbons (Fsp3) is 0. The van der Waals surface area contributed by atoms with E-state index >= 15 is 0 Å². The van der Waals surface area contributed by atoms with Gasteiger partial charge in [-0.25, -0.2) is 29.9 Å². The van der Waals surface area contributed by atoms with E-state index in [0.717, 1.165) is 200 Å². The van der Waals surface area contributed by atoms with E-state index in [1.54, 1.807) is 0 Å². The molecule has 28 aromatic rings. The molecule has 9 aromatic heterocycles. The number of hydrogen-bond acceptors (Lipinski definition) is 9. The predicted octanol–water partition coefficient (Wildman–Crippen LogP) is 33.1. The number of benzene rings is 19. The molecule has 0 N–H and O–H groups in total. The summed E-state index contributed by atoms with van der Waals surface area (Å²) in [6.07, 6.45) is 0. The van der Waals surface area contributed by atoms with E-state index in [4.69, 9.17) is 43.2 Å². The molecule has 0 aliphatic rings. The van der Waals surface area contributed by atoms with Gasteiger partial charge in [-0.2, -0.15) is 0 Å². The molecule has 0 aliphatic carbocycles. The smallest absolute Gasteiger partial charge is 0.161 e. The van der Waals surface area contributed by atoms with Crippen LogP contribution in [0.25, 0.3) is 261 Å². The molecule has 28 rings (SSSR count). The molecule has 0 unspecified atom stereocenters. The Morgan fingerprint density at radius 2 is 0.493 bits per heavy atom. The topological polar surface area (TPSA) is 132 Å². The highest BCUT2D eigenvalue weighted by atomic mass is 16.3. The van der Waals surface area contributed by atoms with Crippen molar-refractivity contribution in [2.24, 2.45) is 0 Å². The fourth-order valence-electron chi connectivity index (χ4n) is 20.0. The average molecular weight is 1770 g/mol. The third-order valence-corrected chi connectivity index (χ3v) is 26.5. The van der Waals surface area contributed by atoms with Crippen molar-refractivity contribution in [3.05, 3.63) is 479 Å². The monoisotopic (exact) mass is 1770 g/mol. The van der Waals surface area contributed by atoms with Crippen LogP contribution in [0, 0.1) is 0 Å². The maximum atomic E-state index is 6.31. The Balaban J connectivity index is 0.000000107. The van der Waals surface area contributed by atoms with Crippen molar-refractivity contribution in [3.63, 3.8) is 0 Å². The van der Waals surface area contributed by atoms with Gasteiger partial charge in [0, 0.05) is 132 Å². The predicted molar refractivity (Wildman–Crippen MR) is 565 cm³/mol. The lowest BCUT2D eigenvalue weighted by Crippen LogP contribution is -1.99. The molecule has 0 amide bonds. The zero-order valence-electron chi connectivity index (χ0n) is 74.4. The van der Waals surface area contributed by atoms with Gasteiger partial charge in [-0.3, -0.25) is 0 Å². The van der Waals surface area contributed by atoms with Crippen LogP contribution in [0.1, 0.15) is 0 Å². The van der Waals surface area contributed by atoms with Crippen LogP contribution in [0.4, 0.5) is 0 Å². The second-order valence-electron chi connectivity index (χ2n) is 34.7. The van der Waals surface area contributed by atoms with Gasteiger partial charge in [-0.05, 0) is 163 Å². The molecule has 19 aromatic carbocycles. The van der Waals surface area contributed by atoms with Crippen molar-refractivity contribution in [2.75, 3.05) is 0 Å². The number of furan rings is 3. The summed E-state index contributed by atoms with van der Waals surface area (Å²) in [5.41, 5.74) is 31.9. The van der Waals surface area contributed by atoms with Gasteiger partial charge < -0.3 is 27.0 Å². The van der Waals surface area contributed by atoms with Crippen molar-refractivity contribution in [1.82, 2.24) is 43.6 Å². The van der Waals surface area contributed by atoms with Crippen LogP contribution in [-0.4, -0.2) is 43.6 Å². The van der Waals surface area contributed by atoms with Crippen LogP contribution in [0.5, 0.6) is 0 Å². The number of para-hydroxylation sites is 10. The third kappa shape index (κ3) is 14.3. The highest BCUT2D eigenvalue weighted by Gasteiger charge is 2.25. The minimum absolute atomic E-state index is 0.643. The molecule has 0 fully saturated rings. The molecular formula is C126H79N9O3. The fourth-order valence-corrected chi connectivity index (χ4v) is 20.0. The average Bonchev–Trinajstić information content (AvgIpc) is 1.58. The van der Waals surface area contributed by atoms with Gasteiger partial charge in [0.1, 0.15) is 33.5 Å². The molecule has 12 heteroatoms. The van der Waals surface area contributed by atoms with Crippen LogP contribution < -0.4 is 0 Å². The lowest BCUT2D eigenvalue weighted by molar-refractivity contribution is 0.668. The molecular weight excluding hydrogens is 1690 g/mol. The molecule has 0 saturated heterocycles. The van der Waals surface area contributed by atoms with Crippen molar-refractivity contribution in [1.29, 1.82) is 0 Å². The second-order valence-corrected chi connectivity index (χ2v) is 34.7. The highest BCUT2D eigenvalue weighted by molar-refractivity contribution is 6.17. The quantitative estimate of drug-likeness (QED) is 0.111. The van der Waals surface area contributed by atoms with E-state index in [-0.39, 0.29) is 0 Å². The molecule has 9 heterocycles. The first-order valence-electron chi connectivity index (χ1n) is 46.3. The Labute approximate surface area is 791 Å². The van der Waals surface area contributed by atoms with Crippen LogP contribution in [0.15, 0.2) is 492 Å². The van der Waals surface area contributed by atoms with Gasteiger partial charge in [-0.1, -0.05) is 328 Å². The SMILES string of the molecule is c1ccc(-c2cc(-c3ccc4c(c3)c3ccccc3n4-c3ccccc3)nc(-c3cccc4oc5ccccc5c34)n2)cc1.c1ccc(-c2cc(-c3ccc4c5ccccc5n(-c5ccccc5)c4c3)nc(-c3ccc4oc5ccccc5c4c3)n2)cc1.c1ccc(-c2cccc(-c3cc(-c4cccc5c6ccccc6n(-c6ccccc6)c45)nc(-c4ccc5c(c4)oc4ccccc45)n3)c2)cc1. The second kappa shape index (κ2) is 33.8. The number of nitrogens with zero attached hydrogens (tertiary/aromatic N) is 9. The van der Waals surface area contributed by atoms with Crippen molar-refractivity contribution in [2.45, 2.75) is 0 Å². The van der Waals surface area contributed by atoms with Crippen LogP contribution in [0.3, 0.4) is 0 Å². The van der Waals surface area contributed by atoms with Gasteiger partial charge in [0.25, 0.3) is 0 Å². The standard InChI is InChI=1S/C46H29N3O.2C40H25N3O/c1-3-13-30(14-4-1)31-15-11-16-32(27-31)40-29-41(48-46(47-40)33-25-26-37-36-20-8-10-24-43(36)50-44(37)28-33)39-22-12-21-38-35-19-7-9-23-42(35)49(45(38)39)34-17-5-2-6-18-34;1-3-12-26(13-4-1)33-25-34(42-40(41-33)31-18-11-21-38-39(31)30-17-8-10-20-37(30)44-38)27-22-23-36-32(24-27)29-16-7-9-19-35(29)43(36)28-14-5-2-6-15-28;1-3-11-26(12-4-1)34-25-35(42-40(41-34)28-20-22-39-33(23-28)32-16-8-10-18-38(32)44-39)27-19-21-31-30-15-7-9-17-36(30)43(37(31)24-27)29-13-5-2-6-14-29/h1-29H;2*1-25H. The van der Waals surface area contributed by atoms with Crippen LogP contribution >= 0.6 is 0 Å². The Morgan fingerprint density at radius 3 is 1.12 bits per heavy atom. The molecule has 12 nitrogen and oxygen atoms in total. The van der Waals surface area contributed by atoms with E-state index in [0.29, 0.717) is 17.5 Å². The zero-order chi connectivity index (χ0) is 91.1. The maximum absolute atomic E-state index is 6.31. The normalized spacial score (nSPS) is 11.6. The first kappa shape index (κ1) is 80.1. The van der Waals surface area contributed by atoms with E-state index in [1.165, 1.54) is 43.4 Å². The van der Waals surface area contributed by atoms with Crippen LogP contribution in [0.2, 0.25) is 0 Å². The first-order chi connectivity index (χ1) is 68.4. The molecule has 646 valence electrons. The van der Waals surface area contributed by atoms with Gasteiger partial charge in [0.2, 0.25) is 0 Å². The number of fused-ring (bicyclic) bond motifs is 18. The Hall–Kier alpha value is -18.8. The van der Waals surface area contributed by atoms with Gasteiger partial charge in [0.05, 0.1) is 67.3 Å². The Kier molecular flexibility index (Phi) is 19.6. The molecule has 0 spiro atoms. The van der Waals surface area contributed by atoms with Gasteiger partial charge in [-0.15, -0.1) is 0 Å². The number of rotatable bonds is 13. The molecule has 0 saturated carbocycles. The molecule has 0 atom stereocenters. The van der Waals surface area contributed by atoms with Gasteiger partial charge in [0.15, 0.2) is 17.5 Å². The largest absolute Gasteiger partial charge is 0.456 e. The van der Waals surface area contributed by atoms with E-state index in [2.05, 4.69) is 378 Å². The zero-order valence-corrected chi connectivity index (χ0v) is 74.4. The van der Waals surface area contributed by atoms with Gasteiger partial charge >= 0.3 is 0 Å². The molecule has 0 radical (unpaired) electrons. The molecule has 0 aliphatic heterocycles. The summed E-state index contributed by atoms with van der Waals surface area (Å²) in [6.45, 7) is 0. The van der Waals surface area contributed by atoms with Crippen molar-refractivity contribution < 1.29 is 13.3 Å².